The second-order valence-corrected chi connectivity index (χ2v) is 10.4. The van der Waals surface area contributed by atoms with Gasteiger partial charge in [-0.3, -0.25) is 0 Å². The van der Waals surface area contributed by atoms with Crippen LogP contribution >= 0.6 is 0 Å². The quantitative estimate of drug-likeness (QED) is 0.168. The van der Waals surface area contributed by atoms with Crippen molar-refractivity contribution in [1.82, 2.24) is 0 Å². The average Bonchev–Trinajstić information content (AvgIpc) is 3.07. The van der Waals surface area contributed by atoms with Gasteiger partial charge < -0.3 is 19.4 Å². The Labute approximate surface area is 280 Å². The van der Waals surface area contributed by atoms with Gasteiger partial charge in [0, 0.05) is 10.9 Å². The number of carbonyl (C=O) groups is 1. The molecule has 212 valence electrons. The van der Waals surface area contributed by atoms with Crippen LogP contribution in [-0.4, -0.2) is 12.6 Å². The van der Waals surface area contributed by atoms with Crippen molar-refractivity contribution >= 4 is 16.7 Å². The predicted molar refractivity (Wildman–Crippen MR) is 168 cm³/mol. The SMILES string of the molecule is O=C([O-])c1cc(OCc2ccccc2)c2ccccc2c1CCOC(c1ccccc1)(c1ccccc1)c1ccccc1.[Na+]. The standard InChI is InChI=1S/C39H32O4.Na/c40-38(41)36-27-37(42-28-29-15-5-1-6-16-29)35-24-14-13-23-33(35)34(36)25-26-43-39(30-17-7-2-8-18-30,31-19-9-3-10-20-31)32-21-11-4-12-22-32;/h1-24,27H,25-26,28H2,(H,40,41);/q;+1/p-1. The minimum Gasteiger partial charge on any atom is -0.545 e. The molecule has 0 saturated heterocycles. The Kier molecular flexibility index (Phi) is 10.3. The summed E-state index contributed by atoms with van der Waals surface area (Å²) in [6, 6.07) is 49.6. The summed E-state index contributed by atoms with van der Waals surface area (Å²) < 4.78 is 13.1. The maximum Gasteiger partial charge on any atom is 1.00 e. The summed E-state index contributed by atoms with van der Waals surface area (Å²) in [5.41, 5.74) is 3.82. The van der Waals surface area contributed by atoms with Crippen LogP contribution in [0.15, 0.2) is 152 Å². The third kappa shape index (κ3) is 6.50. The van der Waals surface area contributed by atoms with Crippen LogP contribution in [0.4, 0.5) is 0 Å². The van der Waals surface area contributed by atoms with E-state index in [2.05, 4.69) is 36.4 Å². The molecule has 0 saturated carbocycles. The maximum absolute atomic E-state index is 12.5. The van der Waals surface area contributed by atoms with Crippen LogP contribution in [0.3, 0.4) is 0 Å². The zero-order chi connectivity index (χ0) is 29.5. The molecule has 0 heterocycles. The van der Waals surface area contributed by atoms with Gasteiger partial charge in [0.05, 0.1) is 12.6 Å². The van der Waals surface area contributed by atoms with Gasteiger partial charge in [-0.05, 0) is 45.7 Å². The van der Waals surface area contributed by atoms with Gasteiger partial charge in [0.1, 0.15) is 18.0 Å². The van der Waals surface area contributed by atoms with Crippen molar-refractivity contribution in [2.75, 3.05) is 6.61 Å². The second kappa shape index (κ2) is 14.5. The molecule has 0 amide bonds. The van der Waals surface area contributed by atoms with E-state index in [1.807, 2.05) is 109 Å². The number of carbonyl (C=O) groups excluding carboxylic acids is 1. The molecule has 0 unspecified atom stereocenters. The van der Waals surface area contributed by atoms with Gasteiger partial charge in [-0.2, -0.15) is 0 Å². The van der Waals surface area contributed by atoms with E-state index < -0.39 is 11.6 Å². The normalized spacial score (nSPS) is 11.1. The fourth-order valence-electron chi connectivity index (χ4n) is 5.78. The van der Waals surface area contributed by atoms with Crippen LogP contribution in [0.25, 0.3) is 10.8 Å². The molecule has 0 N–H and O–H groups in total. The summed E-state index contributed by atoms with van der Waals surface area (Å²) in [6.07, 6.45) is 0.358. The number of carboxylic acid groups (broad SMARTS) is 1. The molecule has 44 heavy (non-hydrogen) atoms. The Morgan fingerprint density at radius 1 is 0.614 bits per heavy atom. The largest absolute Gasteiger partial charge is 1.00 e. The smallest absolute Gasteiger partial charge is 0.545 e. The predicted octanol–water partition coefficient (Wildman–Crippen LogP) is 4.34. The average molecular weight is 587 g/mol. The van der Waals surface area contributed by atoms with Crippen molar-refractivity contribution in [2.24, 2.45) is 0 Å². The third-order valence-corrected chi connectivity index (χ3v) is 7.79. The van der Waals surface area contributed by atoms with Crippen molar-refractivity contribution in [3.05, 3.63) is 185 Å². The summed E-state index contributed by atoms with van der Waals surface area (Å²) in [7, 11) is 0. The number of ether oxygens (including phenoxy) is 2. The number of aromatic carboxylic acids is 1. The zero-order valence-electron chi connectivity index (χ0n) is 24.7. The van der Waals surface area contributed by atoms with Crippen LogP contribution in [0.1, 0.15) is 38.2 Å². The van der Waals surface area contributed by atoms with Gasteiger partial charge in [-0.15, -0.1) is 0 Å². The molecule has 0 aliphatic carbocycles. The summed E-state index contributed by atoms with van der Waals surface area (Å²) in [5.74, 6) is -0.735. The number of rotatable bonds is 11. The van der Waals surface area contributed by atoms with E-state index in [1.54, 1.807) is 6.07 Å². The Bertz CT molecular complexity index is 1710. The third-order valence-electron chi connectivity index (χ3n) is 7.79. The molecule has 0 fully saturated rings. The zero-order valence-corrected chi connectivity index (χ0v) is 26.7. The minimum atomic E-state index is -1.24. The summed E-state index contributed by atoms with van der Waals surface area (Å²) in [4.78, 5) is 12.5. The second-order valence-electron chi connectivity index (χ2n) is 10.4. The first-order valence-electron chi connectivity index (χ1n) is 14.4. The van der Waals surface area contributed by atoms with Gasteiger partial charge in [0.2, 0.25) is 0 Å². The summed E-state index contributed by atoms with van der Waals surface area (Å²) in [5, 5.41) is 14.2. The molecule has 6 rings (SSSR count). The first kappa shape index (κ1) is 31.2. The molecule has 6 aromatic rings. The molecule has 0 spiro atoms. The first-order valence-corrected chi connectivity index (χ1v) is 14.4. The molecule has 0 bridgehead atoms. The Balaban J connectivity index is 0.00000384. The first-order chi connectivity index (χ1) is 21.2. The van der Waals surface area contributed by atoms with Crippen molar-refractivity contribution < 1.29 is 48.9 Å². The molecular weight excluding hydrogens is 555 g/mol. The fourth-order valence-corrected chi connectivity index (χ4v) is 5.78. The van der Waals surface area contributed by atoms with Gasteiger partial charge in [-0.25, -0.2) is 0 Å². The molecule has 5 heteroatoms. The van der Waals surface area contributed by atoms with E-state index in [0.717, 1.165) is 33.0 Å². The molecule has 0 atom stereocenters. The van der Waals surface area contributed by atoms with Crippen LogP contribution in [-0.2, 0) is 23.4 Å². The van der Waals surface area contributed by atoms with E-state index in [0.29, 0.717) is 24.3 Å². The van der Waals surface area contributed by atoms with Gasteiger partial charge >= 0.3 is 29.6 Å². The summed E-state index contributed by atoms with van der Waals surface area (Å²) >= 11 is 0. The van der Waals surface area contributed by atoms with Crippen LogP contribution < -0.4 is 39.4 Å². The van der Waals surface area contributed by atoms with E-state index in [1.165, 1.54) is 0 Å². The Hall–Kier alpha value is -4.19. The minimum absolute atomic E-state index is 0. The summed E-state index contributed by atoms with van der Waals surface area (Å²) in [6.45, 7) is 0.584. The van der Waals surface area contributed by atoms with E-state index in [9.17, 15) is 9.90 Å². The molecular formula is C39H31NaO4. The van der Waals surface area contributed by atoms with E-state index in [-0.39, 0.29) is 41.7 Å². The number of hydrogen-bond donors (Lipinski definition) is 0. The van der Waals surface area contributed by atoms with E-state index >= 15 is 0 Å². The number of carboxylic acids is 1. The number of hydrogen-bond acceptors (Lipinski definition) is 4. The van der Waals surface area contributed by atoms with Crippen LogP contribution in [0, 0.1) is 0 Å². The van der Waals surface area contributed by atoms with Gasteiger partial charge in [0.15, 0.2) is 0 Å². The molecule has 0 aliphatic rings. The fraction of sp³-hybridized carbons (Fsp3) is 0.103. The monoisotopic (exact) mass is 586 g/mol. The maximum atomic E-state index is 12.5. The molecule has 0 radical (unpaired) electrons. The molecule has 6 aromatic carbocycles. The Morgan fingerprint density at radius 3 is 1.57 bits per heavy atom. The van der Waals surface area contributed by atoms with Crippen molar-refractivity contribution in [1.29, 1.82) is 0 Å². The molecule has 0 aromatic heterocycles. The van der Waals surface area contributed by atoms with Crippen LogP contribution in [0.2, 0.25) is 0 Å². The number of benzene rings is 6. The van der Waals surface area contributed by atoms with E-state index in [4.69, 9.17) is 9.47 Å². The topological polar surface area (TPSA) is 58.6 Å². The van der Waals surface area contributed by atoms with Crippen LogP contribution in [0.5, 0.6) is 5.75 Å². The Morgan fingerprint density at radius 2 is 1.07 bits per heavy atom. The van der Waals surface area contributed by atoms with Crippen molar-refractivity contribution in [2.45, 2.75) is 18.6 Å². The van der Waals surface area contributed by atoms with Gasteiger partial charge in [0.25, 0.3) is 0 Å². The molecule has 0 aliphatic heterocycles. The van der Waals surface area contributed by atoms with Crippen molar-refractivity contribution in [3.63, 3.8) is 0 Å². The van der Waals surface area contributed by atoms with Gasteiger partial charge in [-0.1, -0.05) is 146 Å². The molecule has 4 nitrogen and oxygen atoms in total. The van der Waals surface area contributed by atoms with Crippen molar-refractivity contribution in [3.8, 4) is 5.75 Å². The number of fused-ring (bicyclic) bond motifs is 1.